The molecule has 1 heterocycles. The summed E-state index contributed by atoms with van der Waals surface area (Å²) in [6.07, 6.45) is -0.514. The second-order valence-electron chi connectivity index (χ2n) is 4.99. The van der Waals surface area contributed by atoms with Crippen LogP contribution in [0.5, 0.6) is 0 Å². The fraction of sp³-hybridized carbons (Fsp3) is 0.250. The van der Waals surface area contributed by atoms with Gasteiger partial charge in [0.15, 0.2) is 0 Å². The quantitative estimate of drug-likeness (QED) is 0.872. The molecular weight excluding hydrogens is 286 g/mol. The zero-order valence-electron chi connectivity index (χ0n) is 11.6. The minimum Gasteiger partial charge on any atom is -0.356 e. The summed E-state index contributed by atoms with van der Waals surface area (Å²) in [5.41, 5.74) is 1.66. The number of hydrogen-bond acceptors (Lipinski definition) is 3. The second kappa shape index (κ2) is 5.97. The molecule has 1 saturated heterocycles. The summed E-state index contributed by atoms with van der Waals surface area (Å²) in [5, 5.41) is 0. The minimum atomic E-state index is -3.40. The molecule has 110 valence electrons. The molecule has 1 aliphatic heterocycles. The van der Waals surface area contributed by atoms with Crippen LogP contribution in [-0.2, 0) is 20.5 Å². The maximum absolute atomic E-state index is 12.6. The van der Waals surface area contributed by atoms with Gasteiger partial charge >= 0.3 is 0 Å². The summed E-state index contributed by atoms with van der Waals surface area (Å²) in [7, 11) is -3.40. The van der Waals surface area contributed by atoms with E-state index < -0.39 is 16.3 Å². The summed E-state index contributed by atoms with van der Waals surface area (Å²) < 4.78 is 32.3. The van der Waals surface area contributed by atoms with Gasteiger partial charge in [-0.1, -0.05) is 60.7 Å². The molecule has 4 nitrogen and oxygen atoms in total. The molecule has 2 aromatic rings. The Morgan fingerprint density at radius 1 is 1.00 bits per heavy atom. The van der Waals surface area contributed by atoms with Gasteiger partial charge in [-0.2, -0.15) is 4.31 Å². The Morgan fingerprint density at radius 2 is 1.62 bits per heavy atom. The molecule has 0 saturated carbocycles. The van der Waals surface area contributed by atoms with Crippen molar-refractivity contribution in [1.82, 2.24) is 4.31 Å². The standard InChI is InChI=1S/C16H17NO3S/c18-21(19,13-14-7-3-1-4-8-14)17-11-12-20-16(17)15-9-5-2-6-10-15/h1-10,16H,11-13H2. The minimum absolute atomic E-state index is 0.000529. The van der Waals surface area contributed by atoms with Crippen molar-refractivity contribution in [2.24, 2.45) is 0 Å². The van der Waals surface area contributed by atoms with E-state index in [-0.39, 0.29) is 5.75 Å². The predicted molar refractivity (Wildman–Crippen MR) is 80.9 cm³/mol. The van der Waals surface area contributed by atoms with Crippen LogP contribution in [0.25, 0.3) is 0 Å². The van der Waals surface area contributed by atoms with E-state index in [2.05, 4.69) is 0 Å². The molecule has 3 rings (SSSR count). The van der Waals surface area contributed by atoms with E-state index in [1.807, 2.05) is 60.7 Å². The van der Waals surface area contributed by atoms with E-state index in [1.165, 1.54) is 4.31 Å². The van der Waals surface area contributed by atoms with Crippen molar-refractivity contribution >= 4 is 10.0 Å². The van der Waals surface area contributed by atoms with Gasteiger partial charge in [-0.15, -0.1) is 0 Å². The first-order valence-electron chi connectivity index (χ1n) is 6.87. The van der Waals surface area contributed by atoms with Crippen LogP contribution in [0.4, 0.5) is 0 Å². The van der Waals surface area contributed by atoms with Crippen LogP contribution >= 0.6 is 0 Å². The van der Waals surface area contributed by atoms with Crippen molar-refractivity contribution in [3.63, 3.8) is 0 Å². The van der Waals surface area contributed by atoms with Gasteiger partial charge in [-0.05, 0) is 11.1 Å². The van der Waals surface area contributed by atoms with Crippen LogP contribution in [0.15, 0.2) is 60.7 Å². The first kappa shape index (κ1) is 14.3. The molecule has 1 unspecified atom stereocenters. The van der Waals surface area contributed by atoms with E-state index in [4.69, 9.17) is 4.74 Å². The van der Waals surface area contributed by atoms with Crippen LogP contribution in [0, 0.1) is 0 Å². The van der Waals surface area contributed by atoms with Gasteiger partial charge in [0.25, 0.3) is 0 Å². The Morgan fingerprint density at radius 3 is 2.29 bits per heavy atom. The monoisotopic (exact) mass is 303 g/mol. The third kappa shape index (κ3) is 3.15. The molecule has 0 bridgehead atoms. The third-order valence-corrected chi connectivity index (χ3v) is 5.27. The molecule has 0 N–H and O–H groups in total. The van der Waals surface area contributed by atoms with Crippen LogP contribution < -0.4 is 0 Å². The van der Waals surface area contributed by atoms with Crippen LogP contribution in [0.3, 0.4) is 0 Å². The average Bonchev–Trinajstić information content (AvgIpc) is 2.99. The SMILES string of the molecule is O=S(=O)(Cc1ccccc1)N1CCOC1c1ccccc1. The van der Waals surface area contributed by atoms with E-state index in [9.17, 15) is 8.42 Å². The zero-order chi connectivity index (χ0) is 14.7. The smallest absolute Gasteiger partial charge is 0.220 e. The third-order valence-electron chi connectivity index (χ3n) is 3.48. The Labute approximate surface area is 125 Å². The Kier molecular flexibility index (Phi) is 4.05. The first-order chi connectivity index (χ1) is 10.2. The fourth-order valence-electron chi connectivity index (χ4n) is 2.49. The summed E-state index contributed by atoms with van der Waals surface area (Å²) in [6, 6.07) is 18.7. The largest absolute Gasteiger partial charge is 0.356 e. The molecule has 0 aromatic heterocycles. The van der Waals surface area contributed by atoms with E-state index >= 15 is 0 Å². The van der Waals surface area contributed by atoms with Crippen LogP contribution in [-0.4, -0.2) is 25.9 Å². The molecule has 21 heavy (non-hydrogen) atoms. The van der Waals surface area contributed by atoms with Crippen molar-refractivity contribution in [3.05, 3.63) is 71.8 Å². The molecule has 2 aromatic carbocycles. The number of sulfonamides is 1. The molecule has 0 amide bonds. The highest BCUT2D eigenvalue weighted by molar-refractivity contribution is 7.88. The summed E-state index contributed by atoms with van der Waals surface area (Å²) in [5.74, 6) is 0.000529. The fourth-order valence-corrected chi connectivity index (χ4v) is 4.09. The van der Waals surface area contributed by atoms with Crippen molar-refractivity contribution in [2.75, 3.05) is 13.2 Å². The van der Waals surface area contributed by atoms with Gasteiger partial charge < -0.3 is 4.74 Å². The van der Waals surface area contributed by atoms with Gasteiger partial charge in [-0.3, -0.25) is 0 Å². The molecule has 1 atom stereocenters. The second-order valence-corrected chi connectivity index (χ2v) is 6.91. The maximum atomic E-state index is 12.6. The van der Waals surface area contributed by atoms with Gasteiger partial charge in [0.2, 0.25) is 10.0 Å². The van der Waals surface area contributed by atoms with Crippen molar-refractivity contribution < 1.29 is 13.2 Å². The molecule has 0 aliphatic carbocycles. The van der Waals surface area contributed by atoms with E-state index in [1.54, 1.807) is 0 Å². The Bertz CT molecular complexity index is 686. The summed E-state index contributed by atoms with van der Waals surface area (Å²) in [4.78, 5) is 0. The number of hydrogen-bond donors (Lipinski definition) is 0. The van der Waals surface area contributed by atoms with E-state index in [0.29, 0.717) is 13.2 Å². The normalized spacial score (nSPS) is 19.7. The summed E-state index contributed by atoms with van der Waals surface area (Å²) in [6.45, 7) is 0.822. The number of benzene rings is 2. The van der Waals surface area contributed by atoms with Crippen molar-refractivity contribution in [3.8, 4) is 0 Å². The molecule has 1 fully saturated rings. The van der Waals surface area contributed by atoms with Crippen LogP contribution in [0.2, 0.25) is 0 Å². The molecule has 0 spiro atoms. The Balaban J connectivity index is 1.84. The highest BCUT2D eigenvalue weighted by Crippen LogP contribution is 2.30. The molecule has 1 aliphatic rings. The predicted octanol–water partition coefficient (Wildman–Crippen LogP) is 2.55. The zero-order valence-corrected chi connectivity index (χ0v) is 12.4. The summed E-state index contributed by atoms with van der Waals surface area (Å²) >= 11 is 0. The van der Waals surface area contributed by atoms with Crippen molar-refractivity contribution in [1.29, 1.82) is 0 Å². The average molecular weight is 303 g/mol. The number of nitrogens with zero attached hydrogens (tertiary/aromatic N) is 1. The van der Waals surface area contributed by atoms with Gasteiger partial charge in [0.1, 0.15) is 6.23 Å². The lowest BCUT2D eigenvalue weighted by Gasteiger charge is -2.23. The highest BCUT2D eigenvalue weighted by atomic mass is 32.2. The van der Waals surface area contributed by atoms with Crippen molar-refractivity contribution in [2.45, 2.75) is 12.0 Å². The van der Waals surface area contributed by atoms with Gasteiger partial charge in [-0.25, -0.2) is 8.42 Å². The molecular formula is C16H17NO3S. The number of rotatable bonds is 4. The molecule has 0 radical (unpaired) electrons. The first-order valence-corrected chi connectivity index (χ1v) is 8.48. The Hall–Kier alpha value is -1.69. The lowest BCUT2D eigenvalue weighted by Crippen LogP contribution is -2.32. The lowest BCUT2D eigenvalue weighted by atomic mass is 10.2. The maximum Gasteiger partial charge on any atom is 0.220 e. The lowest BCUT2D eigenvalue weighted by molar-refractivity contribution is 0.0682. The highest BCUT2D eigenvalue weighted by Gasteiger charge is 2.35. The van der Waals surface area contributed by atoms with E-state index in [0.717, 1.165) is 11.1 Å². The number of ether oxygens (including phenoxy) is 1. The van der Waals surface area contributed by atoms with Gasteiger partial charge in [0.05, 0.1) is 12.4 Å². The van der Waals surface area contributed by atoms with Gasteiger partial charge in [0, 0.05) is 6.54 Å². The molecule has 5 heteroatoms. The van der Waals surface area contributed by atoms with Crippen LogP contribution in [0.1, 0.15) is 17.4 Å². The topological polar surface area (TPSA) is 46.6 Å².